The molecule has 6 nitrogen and oxygen atoms in total. The zero-order chi connectivity index (χ0) is 14.0. The molecular weight excluding hydrogens is 268 g/mol. The van der Waals surface area contributed by atoms with Gasteiger partial charge in [0, 0.05) is 19.4 Å². The van der Waals surface area contributed by atoms with E-state index in [0.717, 1.165) is 6.92 Å². The molecule has 0 unspecified atom stereocenters. The van der Waals surface area contributed by atoms with Crippen LogP contribution in [-0.4, -0.2) is 19.3 Å². The van der Waals surface area contributed by atoms with Crippen LogP contribution in [0.1, 0.15) is 12.8 Å². The molecule has 0 aliphatic rings. The SMILES string of the molecule is CC(=O)NS(=O)(=O)c1oc(C)nc1-c1ccccc1. The smallest absolute Gasteiger partial charge is 0.299 e. The third-order valence-electron chi connectivity index (χ3n) is 2.27. The maximum atomic E-state index is 12.0. The largest absolute Gasteiger partial charge is 0.427 e. The highest BCUT2D eigenvalue weighted by Gasteiger charge is 2.26. The quantitative estimate of drug-likeness (QED) is 0.919. The van der Waals surface area contributed by atoms with Crippen molar-refractivity contribution in [3.8, 4) is 11.3 Å². The van der Waals surface area contributed by atoms with Crippen LogP contribution in [0.15, 0.2) is 39.8 Å². The lowest BCUT2D eigenvalue weighted by atomic mass is 10.2. The fraction of sp³-hybridized carbons (Fsp3) is 0.167. The van der Waals surface area contributed by atoms with Gasteiger partial charge in [-0.15, -0.1) is 0 Å². The van der Waals surface area contributed by atoms with Crippen LogP contribution in [0.25, 0.3) is 11.3 Å². The van der Waals surface area contributed by atoms with E-state index in [2.05, 4.69) is 4.98 Å². The lowest BCUT2D eigenvalue weighted by Gasteiger charge is -2.03. The molecule has 0 aliphatic heterocycles. The van der Waals surface area contributed by atoms with Gasteiger partial charge in [0.2, 0.25) is 5.91 Å². The van der Waals surface area contributed by atoms with Gasteiger partial charge in [-0.2, -0.15) is 8.42 Å². The Labute approximate surface area is 110 Å². The summed E-state index contributed by atoms with van der Waals surface area (Å²) in [6.45, 7) is 2.65. The Morgan fingerprint density at radius 3 is 2.47 bits per heavy atom. The van der Waals surface area contributed by atoms with Crippen molar-refractivity contribution in [2.75, 3.05) is 0 Å². The number of rotatable bonds is 3. The summed E-state index contributed by atoms with van der Waals surface area (Å²) in [5.41, 5.74) is 0.787. The van der Waals surface area contributed by atoms with Gasteiger partial charge in [0.15, 0.2) is 5.89 Å². The normalized spacial score (nSPS) is 11.3. The number of amides is 1. The first-order valence-corrected chi connectivity index (χ1v) is 6.95. The molecule has 0 aliphatic carbocycles. The van der Waals surface area contributed by atoms with Crippen LogP contribution in [0.5, 0.6) is 0 Å². The highest BCUT2D eigenvalue weighted by atomic mass is 32.2. The lowest BCUT2D eigenvalue weighted by Crippen LogP contribution is -2.28. The predicted molar refractivity (Wildman–Crippen MR) is 67.7 cm³/mol. The van der Waals surface area contributed by atoms with E-state index in [1.807, 2.05) is 4.72 Å². The minimum Gasteiger partial charge on any atom is -0.427 e. The van der Waals surface area contributed by atoms with Gasteiger partial charge in [-0.05, 0) is 0 Å². The van der Waals surface area contributed by atoms with Crippen LogP contribution >= 0.6 is 0 Å². The van der Waals surface area contributed by atoms with E-state index >= 15 is 0 Å². The van der Waals surface area contributed by atoms with Crippen LogP contribution in [-0.2, 0) is 14.8 Å². The van der Waals surface area contributed by atoms with Gasteiger partial charge < -0.3 is 4.42 Å². The van der Waals surface area contributed by atoms with Crippen molar-refractivity contribution in [3.63, 3.8) is 0 Å². The molecule has 1 amide bonds. The van der Waals surface area contributed by atoms with E-state index < -0.39 is 15.9 Å². The molecule has 1 aromatic heterocycles. The molecule has 2 rings (SSSR count). The molecule has 1 N–H and O–H groups in total. The molecule has 7 heteroatoms. The molecule has 0 saturated carbocycles. The number of benzene rings is 1. The monoisotopic (exact) mass is 280 g/mol. The van der Waals surface area contributed by atoms with Crippen LogP contribution in [0.3, 0.4) is 0 Å². The third-order valence-corrected chi connectivity index (χ3v) is 3.59. The second-order valence-electron chi connectivity index (χ2n) is 3.90. The first-order valence-electron chi connectivity index (χ1n) is 5.46. The zero-order valence-corrected chi connectivity index (χ0v) is 11.2. The number of aryl methyl sites for hydroxylation is 1. The Hall–Kier alpha value is -2.15. The topological polar surface area (TPSA) is 89.3 Å². The summed E-state index contributed by atoms with van der Waals surface area (Å²) in [4.78, 5) is 15.0. The number of nitrogens with zero attached hydrogens (tertiary/aromatic N) is 1. The molecule has 0 fully saturated rings. The van der Waals surface area contributed by atoms with Gasteiger partial charge >= 0.3 is 0 Å². The van der Waals surface area contributed by atoms with Crippen molar-refractivity contribution in [3.05, 3.63) is 36.2 Å². The summed E-state index contributed by atoms with van der Waals surface area (Å²) in [6, 6.07) is 8.74. The van der Waals surface area contributed by atoms with Crippen molar-refractivity contribution in [2.45, 2.75) is 18.9 Å². The van der Waals surface area contributed by atoms with Gasteiger partial charge in [-0.3, -0.25) is 4.79 Å². The second-order valence-corrected chi connectivity index (χ2v) is 5.48. The van der Waals surface area contributed by atoms with Gasteiger partial charge in [0.05, 0.1) is 0 Å². The number of carbonyl (C=O) groups excluding carboxylic acids is 1. The predicted octanol–water partition coefficient (Wildman–Crippen LogP) is 1.47. The highest BCUT2D eigenvalue weighted by molar-refractivity contribution is 7.90. The molecule has 0 bridgehead atoms. The molecule has 19 heavy (non-hydrogen) atoms. The maximum absolute atomic E-state index is 12.0. The van der Waals surface area contributed by atoms with Crippen molar-refractivity contribution < 1.29 is 17.6 Å². The van der Waals surface area contributed by atoms with E-state index in [-0.39, 0.29) is 16.7 Å². The number of oxazole rings is 1. The van der Waals surface area contributed by atoms with Crippen LogP contribution in [0, 0.1) is 6.92 Å². The van der Waals surface area contributed by atoms with Gasteiger partial charge in [-0.25, -0.2) is 9.71 Å². The summed E-state index contributed by atoms with van der Waals surface area (Å²) in [5.74, 6) is -0.476. The van der Waals surface area contributed by atoms with Crippen LogP contribution < -0.4 is 4.72 Å². The molecule has 1 heterocycles. The number of hydrogen-bond donors (Lipinski definition) is 1. The maximum Gasteiger partial charge on any atom is 0.299 e. The number of sulfonamides is 1. The fourth-order valence-corrected chi connectivity index (χ4v) is 2.72. The van der Waals surface area contributed by atoms with E-state index in [1.165, 1.54) is 0 Å². The first-order chi connectivity index (χ1) is 8.90. The Balaban J connectivity index is 2.57. The average Bonchev–Trinajstić information content (AvgIpc) is 2.72. The Morgan fingerprint density at radius 1 is 1.26 bits per heavy atom. The number of hydrogen-bond acceptors (Lipinski definition) is 5. The summed E-state index contributed by atoms with van der Waals surface area (Å²) in [5, 5.41) is -0.355. The van der Waals surface area contributed by atoms with Gasteiger partial charge in [0.25, 0.3) is 15.1 Å². The number of aromatic nitrogens is 1. The summed E-state index contributed by atoms with van der Waals surface area (Å²) in [6.07, 6.45) is 0. The second kappa shape index (κ2) is 4.85. The third kappa shape index (κ3) is 2.82. The van der Waals surface area contributed by atoms with Gasteiger partial charge in [-0.1, -0.05) is 30.3 Å². The highest BCUT2D eigenvalue weighted by Crippen LogP contribution is 2.27. The minimum atomic E-state index is -4.05. The van der Waals surface area contributed by atoms with Crippen molar-refractivity contribution in [1.29, 1.82) is 0 Å². The van der Waals surface area contributed by atoms with Crippen molar-refractivity contribution in [1.82, 2.24) is 9.71 Å². The minimum absolute atomic E-state index is 0.187. The summed E-state index contributed by atoms with van der Waals surface area (Å²) >= 11 is 0. The van der Waals surface area contributed by atoms with E-state index in [9.17, 15) is 13.2 Å². The molecule has 0 spiro atoms. The number of nitrogens with one attached hydrogen (secondary N) is 1. The molecule has 1 aromatic carbocycles. The molecule has 0 saturated heterocycles. The Kier molecular flexibility index (Phi) is 3.39. The van der Waals surface area contributed by atoms with Crippen molar-refractivity contribution >= 4 is 15.9 Å². The fourth-order valence-electron chi connectivity index (χ4n) is 1.60. The van der Waals surface area contributed by atoms with Crippen molar-refractivity contribution in [2.24, 2.45) is 0 Å². The Bertz CT molecular complexity index is 705. The van der Waals surface area contributed by atoms with E-state index in [0.29, 0.717) is 5.56 Å². The van der Waals surface area contributed by atoms with E-state index in [1.54, 1.807) is 37.3 Å². The van der Waals surface area contributed by atoms with Gasteiger partial charge in [0.1, 0.15) is 5.69 Å². The average molecular weight is 280 g/mol. The zero-order valence-electron chi connectivity index (χ0n) is 10.4. The van der Waals surface area contributed by atoms with E-state index in [4.69, 9.17) is 4.42 Å². The summed E-state index contributed by atoms with van der Waals surface area (Å²) in [7, 11) is -4.05. The Morgan fingerprint density at radius 2 is 1.89 bits per heavy atom. The van der Waals surface area contributed by atoms with Crippen LogP contribution in [0.4, 0.5) is 0 Å². The molecule has 100 valence electrons. The first kappa shape index (κ1) is 13.3. The standard InChI is InChI=1S/C12H12N2O4S/c1-8(15)14-19(16,17)12-11(13-9(2)18-12)10-6-4-3-5-7-10/h3-7H,1-2H3,(H,14,15). The lowest BCUT2D eigenvalue weighted by molar-refractivity contribution is -0.117. The van der Waals surface area contributed by atoms with Crippen LogP contribution in [0.2, 0.25) is 0 Å². The molecule has 2 aromatic rings. The number of carbonyl (C=O) groups is 1. The molecular formula is C12H12N2O4S. The summed E-state index contributed by atoms with van der Waals surface area (Å²) < 4.78 is 30.9. The molecule has 0 atom stereocenters. The molecule has 0 radical (unpaired) electrons.